The Kier molecular flexibility index (Phi) is 4.59. The molecule has 1 aromatic rings. The molecule has 0 heterocycles. The van der Waals surface area contributed by atoms with Gasteiger partial charge < -0.3 is 10.4 Å². The van der Waals surface area contributed by atoms with Gasteiger partial charge in [0.15, 0.2) is 0 Å². The quantitative estimate of drug-likeness (QED) is 0.708. The molecule has 0 atom stereocenters. The molecule has 0 aliphatic rings. The number of halogens is 1. The molecule has 0 aliphatic carbocycles. The minimum Gasteiger partial charge on any atom is -0.477 e. The van der Waals surface area contributed by atoms with Crippen molar-refractivity contribution in [3.63, 3.8) is 0 Å². The molecule has 0 bridgehead atoms. The molecule has 0 unspecified atom stereocenters. The lowest BCUT2D eigenvalue weighted by molar-refractivity contribution is -0.132. The zero-order valence-electron chi connectivity index (χ0n) is 10.3. The lowest BCUT2D eigenvalue weighted by Crippen LogP contribution is -2.12. The maximum atomic E-state index is 11.2. The Morgan fingerprint density at radius 2 is 1.95 bits per heavy atom. The van der Waals surface area contributed by atoms with Crippen LogP contribution in [0.2, 0.25) is 0 Å². The molecule has 0 fully saturated rings. The Hall–Kier alpha value is -1.54. The summed E-state index contributed by atoms with van der Waals surface area (Å²) < 4.78 is 25.3. The van der Waals surface area contributed by atoms with Crippen molar-refractivity contribution in [3.8, 4) is 0 Å². The van der Waals surface area contributed by atoms with Crippen molar-refractivity contribution in [2.75, 3.05) is 16.3 Å². The first kappa shape index (κ1) is 15.5. The van der Waals surface area contributed by atoms with Crippen LogP contribution in [0.1, 0.15) is 5.56 Å². The van der Waals surface area contributed by atoms with Crippen LogP contribution in [0, 0.1) is 6.92 Å². The van der Waals surface area contributed by atoms with Crippen LogP contribution in [-0.2, 0) is 14.8 Å². The van der Waals surface area contributed by atoms with Gasteiger partial charge in [-0.2, -0.15) is 0 Å². The highest BCUT2D eigenvalue weighted by Gasteiger charge is 2.11. The fourth-order valence-corrected chi connectivity index (χ4v) is 2.56. The molecule has 19 heavy (non-hydrogen) atoms. The van der Waals surface area contributed by atoms with E-state index in [0.29, 0.717) is 15.8 Å². The number of sulfonamides is 1. The average Bonchev–Trinajstić information content (AvgIpc) is 2.22. The fraction of sp³-hybridized carbons (Fsp3) is 0.182. The van der Waals surface area contributed by atoms with E-state index < -0.39 is 16.0 Å². The van der Waals surface area contributed by atoms with Crippen molar-refractivity contribution in [1.29, 1.82) is 0 Å². The fourth-order valence-electron chi connectivity index (χ4n) is 1.30. The molecule has 0 saturated carbocycles. The maximum Gasteiger partial charge on any atom is 0.351 e. The third-order valence-electron chi connectivity index (χ3n) is 2.15. The van der Waals surface area contributed by atoms with Crippen LogP contribution >= 0.6 is 15.9 Å². The van der Waals surface area contributed by atoms with Gasteiger partial charge in [0.2, 0.25) is 10.0 Å². The van der Waals surface area contributed by atoms with Gasteiger partial charge in [0.05, 0.1) is 11.9 Å². The van der Waals surface area contributed by atoms with Crippen LogP contribution in [0.3, 0.4) is 0 Å². The highest BCUT2D eigenvalue weighted by Crippen LogP contribution is 2.30. The van der Waals surface area contributed by atoms with Crippen molar-refractivity contribution >= 4 is 43.3 Å². The van der Waals surface area contributed by atoms with E-state index in [9.17, 15) is 13.2 Å². The summed E-state index contributed by atoms with van der Waals surface area (Å²) in [5.41, 5.74) is 1.32. The molecule has 6 nitrogen and oxygen atoms in total. The minimum absolute atomic E-state index is 0.198. The van der Waals surface area contributed by atoms with Crippen molar-refractivity contribution in [2.45, 2.75) is 6.92 Å². The molecular weight excluding hydrogens is 336 g/mol. The second-order valence-corrected chi connectivity index (χ2v) is 6.53. The van der Waals surface area contributed by atoms with Crippen LogP contribution in [0.15, 0.2) is 28.9 Å². The zero-order valence-corrected chi connectivity index (χ0v) is 12.7. The maximum absolute atomic E-state index is 11.2. The number of nitrogens with one attached hydrogen (secondary N) is 2. The van der Waals surface area contributed by atoms with E-state index in [1.165, 1.54) is 6.07 Å². The van der Waals surface area contributed by atoms with E-state index in [1.807, 2.05) is 0 Å². The normalized spacial score (nSPS) is 10.9. The topological polar surface area (TPSA) is 95.5 Å². The van der Waals surface area contributed by atoms with Crippen LogP contribution in [0.25, 0.3) is 0 Å². The number of hydrogen-bond acceptors (Lipinski definition) is 4. The summed E-state index contributed by atoms with van der Waals surface area (Å²) in [5, 5.41) is 11.4. The van der Waals surface area contributed by atoms with Gasteiger partial charge in [-0.05, 0) is 40.5 Å². The first-order valence-electron chi connectivity index (χ1n) is 5.07. The first-order valence-corrected chi connectivity index (χ1v) is 7.76. The summed E-state index contributed by atoms with van der Waals surface area (Å²) >= 11 is 3.24. The smallest absolute Gasteiger partial charge is 0.351 e. The zero-order chi connectivity index (χ0) is 14.8. The summed E-state index contributed by atoms with van der Waals surface area (Å²) in [6.07, 6.45) is 1.03. The standard InChI is InChI=1S/C11H13BrN2O4S/c1-6-4-8(12)10(14-19(3,17)18)5-9(6)13-7(2)11(15)16/h4-5,13-14H,2H2,1,3H3,(H,15,16). The summed E-state index contributed by atoms with van der Waals surface area (Å²) in [6, 6.07) is 3.17. The molecular formula is C11H13BrN2O4S. The molecule has 0 saturated heterocycles. The Morgan fingerprint density at radius 1 is 1.37 bits per heavy atom. The van der Waals surface area contributed by atoms with Crippen LogP contribution in [0.4, 0.5) is 11.4 Å². The number of benzene rings is 1. The Labute approximate surface area is 119 Å². The van der Waals surface area contributed by atoms with E-state index >= 15 is 0 Å². The van der Waals surface area contributed by atoms with Gasteiger partial charge in [0, 0.05) is 10.2 Å². The van der Waals surface area contributed by atoms with E-state index in [-0.39, 0.29) is 5.70 Å². The van der Waals surface area contributed by atoms with E-state index in [1.54, 1.807) is 13.0 Å². The van der Waals surface area contributed by atoms with E-state index in [2.05, 4.69) is 32.5 Å². The summed E-state index contributed by atoms with van der Waals surface area (Å²) in [4.78, 5) is 10.7. The van der Waals surface area contributed by atoms with Crippen molar-refractivity contribution in [2.24, 2.45) is 0 Å². The average molecular weight is 349 g/mol. The molecule has 0 aromatic heterocycles. The molecule has 104 valence electrons. The predicted octanol–water partition coefficient (Wildman–Crippen LogP) is 2.14. The van der Waals surface area contributed by atoms with Gasteiger partial charge in [-0.3, -0.25) is 4.72 Å². The Morgan fingerprint density at radius 3 is 2.42 bits per heavy atom. The minimum atomic E-state index is -3.42. The second kappa shape index (κ2) is 5.62. The molecule has 0 spiro atoms. The van der Waals surface area contributed by atoms with Gasteiger partial charge >= 0.3 is 5.97 Å². The van der Waals surface area contributed by atoms with Crippen LogP contribution < -0.4 is 10.0 Å². The SMILES string of the molecule is C=C(Nc1cc(NS(C)(=O)=O)c(Br)cc1C)C(=O)O. The van der Waals surface area contributed by atoms with Crippen LogP contribution in [0.5, 0.6) is 0 Å². The van der Waals surface area contributed by atoms with Gasteiger partial charge in [0.1, 0.15) is 5.70 Å². The number of carboxylic acid groups (broad SMARTS) is 1. The van der Waals surface area contributed by atoms with Gasteiger partial charge in [-0.1, -0.05) is 6.58 Å². The summed E-state index contributed by atoms with van der Waals surface area (Å²) in [5.74, 6) is -1.18. The van der Waals surface area contributed by atoms with Crippen molar-refractivity contribution in [1.82, 2.24) is 0 Å². The monoisotopic (exact) mass is 348 g/mol. The molecule has 1 rings (SSSR count). The predicted molar refractivity (Wildman–Crippen MR) is 77.7 cm³/mol. The third-order valence-corrected chi connectivity index (χ3v) is 3.40. The Bertz CT molecular complexity index is 640. The lowest BCUT2D eigenvalue weighted by Gasteiger charge is -2.13. The van der Waals surface area contributed by atoms with Gasteiger partial charge in [-0.25, -0.2) is 13.2 Å². The largest absolute Gasteiger partial charge is 0.477 e. The van der Waals surface area contributed by atoms with Gasteiger partial charge in [0.25, 0.3) is 0 Å². The van der Waals surface area contributed by atoms with Gasteiger partial charge in [-0.15, -0.1) is 0 Å². The number of anilines is 2. The number of aliphatic carboxylic acids is 1. The second-order valence-electron chi connectivity index (χ2n) is 3.93. The number of hydrogen-bond donors (Lipinski definition) is 3. The summed E-state index contributed by atoms with van der Waals surface area (Å²) in [7, 11) is -3.42. The molecule has 1 aromatic carbocycles. The first-order chi connectivity index (χ1) is 8.60. The Balaban J connectivity index is 3.16. The van der Waals surface area contributed by atoms with Crippen molar-refractivity contribution in [3.05, 3.63) is 34.4 Å². The highest BCUT2D eigenvalue weighted by atomic mass is 79.9. The summed E-state index contributed by atoms with van der Waals surface area (Å²) in [6.45, 7) is 5.11. The third kappa shape index (κ3) is 4.56. The number of aryl methyl sites for hydroxylation is 1. The molecule has 3 N–H and O–H groups in total. The number of carboxylic acids is 1. The van der Waals surface area contributed by atoms with E-state index in [0.717, 1.165) is 11.8 Å². The van der Waals surface area contributed by atoms with Crippen LogP contribution in [-0.4, -0.2) is 25.7 Å². The number of carbonyl (C=O) groups is 1. The highest BCUT2D eigenvalue weighted by molar-refractivity contribution is 9.10. The molecule has 0 amide bonds. The van der Waals surface area contributed by atoms with E-state index in [4.69, 9.17) is 5.11 Å². The lowest BCUT2D eigenvalue weighted by atomic mass is 10.2. The van der Waals surface area contributed by atoms with Crippen molar-refractivity contribution < 1.29 is 18.3 Å². The molecule has 0 aliphatic heterocycles. The number of rotatable bonds is 5. The molecule has 8 heteroatoms. The molecule has 0 radical (unpaired) electrons.